The second kappa shape index (κ2) is 11.2. The molecule has 10 nitrogen and oxygen atoms in total. The lowest BCUT2D eigenvalue weighted by Gasteiger charge is -2.32. The zero-order valence-electron chi connectivity index (χ0n) is 20.0. The van der Waals surface area contributed by atoms with Gasteiger partial charge in [-0.25, -0.2) is 4.79 Å². The maximum atomic E-state index is 12.7. The number of piperidine rings is 2. The molecule has 1 aromatic heterocycles. The molecule has 0 aliphatic carbocycles. The minimum absolute atomic E-state index is 0.0231. The zero-order valence-corrected chi connectivity index (χ0v) is 20.8. The van der Waals surface area contributed by atoms with Crippen molar-refractivity contribution in [3.8, 4) is 0 Å². The fourth-order valence-electron chi connectivity index (χ4n) is 4.06. The van der Waals surface area contributed by atoms with E-state index in [4.69, 9.17) is 4.74 Å². The van der Waals surface area contributed by atoms with Crippen molar-refractivity contribution in [2.24, 2.45) is 5.92 Å². The molecule has 0 spiro atoms. The van der Waals surface area contributed by atoms with Crippen LogP contribution in [0.25, 0.3) is 0 Å². The molecule has 0 saturated carbocycles. The summed E-state index contributed by atoms with van der Waals surface area (Å²) in [6.45, 7) is 9.06. The van der Waals surface area contributed by atoms with E-state index in [1.165, 1.54) is 18.4 Å². The van der Waals surface area contributed by atoms with Crippen LogP contribution in [0.2, 0.25) is 0 Å². The smallest absolute Gasteiger partial charge is 0.410 e. The van der Waals surface area contributed by atoms with E-state index in [-0.39, 0.29) is 29.8 Å². The average Bonchev–Trinajstić information content (AvgIpc) is 3.25. The predicted octanol–water partition coefficient (Wildman–Crippen LogP) is 2.87. The van der Waals surface area contributed by atoms with Crippen molar-refractivity contribution in [3.63, 3.8) is 0 Å². The van der Waals surface area contributed by atoms with Crippen LogP contribution in [0.5, 0.6) is 0 Å². The molecule has 0 aromatic carbocycles. The van der Waals surface area contributed by atoms with Gasteiger partial charge in [-0.05, 0) is 59.5 Å². The molecule has 2 saturated heterocycles. The van der Waals surface area contributed by atoms with Gasteiger partial charge in [0.25, 0.3) is 0 Å². The Labute approximate surface area is 199 Å². The largest absolute Gasteiger partial charge is 0.469 e. The zero-order chi connectivity index (χ0) is 24.0. The molecular formula is C22H35N5O5S. The normalized spacial score (nSPS) is 18.7. The number of esters is 1. The molecule has 11 heteroatoms. The van der Waals surface area contributed by atoms with Crippen molar-refractivity contribution in [1.29, 1.82) is 0 Å². The van der Waals surface area contributed by atoms with Crippen molar-refractivity contribution in [2.45, 2.75) is 64.4 Å². The number of amides is 2. The van der Waals surface area contributed by atoms with Gasteiger partial charge in [0.15, 0.2) is 0 Å². The van der Waals surface area contributed by atoms with E-state index in [0.717, 1.165) is 43.8 Å². The second-order valence-corrected chi connectivity index (χ2v) is 10.6. The van der Waals surface area contributed by atoms with Crippen LogP contribution in [0.1, 0.15) is 63.8 Å². The lowest BCUT2D eigenvalue weighted by atomic mass is 9.96. The monoisotopic (exact) mass is 481 g/mol. The van der Waals surface area contributed by atoms with Crippen LogP contribution >= 0.6 is 11.3 Å². The Balaban J connectivity index is 1.42. The van der Waals surface area contributed by atoms with E-state index in [0.29, 0.717) is 31.2 Å². The molecule has 2 aliphatic heterocycles. The van der Waals surface area contributed by atoms with Crippen LogP contribution in [0.3, 0.4) is 0 Å². The second-order valence-electron chi connectivity index (χ2n) is 9.62. The summed E-state index contributed by atoms with van der Waals surface area (Å²) in [5.74, 6) is -0.0730. The quantitative estimate of drug-likeness (QED) is 0.617. The summed E-state index contributed by atoms with van der Waals surface area (Å²) in [5.41, 5.74) is -0.500. The summed E-state index contributed by atoms with van der Waals surface area (Å²) in [6.07, 6.45) is 3.20. The van der Waals surface area contributed by atoms with Gasteiger partial charge >= 0.3 is 12.1 Å². The van der Waals surface area contributed by atoms with Crippen molar-refractivity contribution in [2.75, 3.05) is 45.2 Å². The van der Waals surface area contributed by atoms with Crippen LogP contribution in [0.4, 0.5) is 9.93 Å². The summed E-state index contributed by atoms with van der Waals surface area (Å²) >= 11 is 1.42. The van der Waals surface area contributed by atoms with Crippen molar-refractivity contribution in [1.82, 2.24) is 20.0 Å². The number of hydrogen-bond acceptors (Lipinski definition) is 9. The van der Waals surface area contributed by atoms with E-state index in [2.05, 4.69) is 25.2 Å². The predicted molar refractivity (Wildman–Crippen MR) is 124 cm³/mol. The highest BCUT2D eigenvalue weighted by Gasteiger charge is 2.30. The average molecular weight is 482 g/mol. The Morgan fingerprint density at radius 3 is 2.33 bits per heavy atom. The van der Waals surface area contributed by atoms with Gasteiger partial charge in [-0.15, -0.1) is 10.2 Å². The van der Waals surface area contributed by atoms with Crippen LogP contribution < -0.4 is 5.32 Å². The van der Waals surface area contributed by atoms with Crippen LogP contribution in [-0.4, -0.2) is 83.4 Å². The number of carbonyl (C=O) groups excluding carboxylic acids is 3. The molecule has 33 heavy (non-hydrogen) atoms. The molecule has 1 aromatic rings. The summed E-state index contributed by atoms with van der Waals surface area (Å²) in [5, 5.41) is 12.8. The van der Waals surface area contributed by atoms with Gasteiger partial charge in [0.05, 0.1) is 13.5 Å². The molecule has 1 N–H and O–H groups in total. The number of nitrogens with zero attached hydrogens (tertiary/aromatic N) is 4. The molecule has 2 fully saturated rings. The van der Waals surface area contributed by atoms with Gasteiger partial charge in [-0.3, -0.25) is 9.59 Å². The Kier molecular flexibility index (Phi) is 8.63. The highest BCUT2D eigenvalue weighted by Crippen LogP contribution is 2.32. The van der Waals surface area contributed by atoms with Gasteiger partial charge < -0.3 is 24.6 Å². The molecular weight excluding hydrogens is 446 g/mol. The van der Waals surface area contributed by atoms with E-state index in [1.807, 2.05) is 20.8 Å². The van der Waals surface area contributed by atoms with E-state index in [9.17, 15) is 14.4 Å². The number of hydrogen-bond donors (Lipinski definition) is 1. The molecule has 0 bridgehead atoms. The van der Waals surface area contributed by atoms with Crippen LogP contribution in [0.15, 0.2) is 0 Å². The van der Waals surface area contributed by atoms with Gasteiger partial charge in [0, 0.05) is 31.5 Å². The summed E-state index contributed by atoms with van der Waals surface area (Å²) in [6, 6.07) is 0. The van der Waals surface area contributed by atoms with Crippen molar-refractivity contribution < 1.29 is 23.9 Å². The molecule has 0 atom stereocenters. The molecule has 0 unspecified atom stereocenters. The summed E-state index contributed by atoms with van der Waals surface area (Å²) in [7, 11) is 1.39. The summed E-state index contributed by atoms with van der Waals surface area (Å²) in [4.78, 5) is 40.1. The first-order valence-electron chi connectivity index (χ1n) is 11.6. The third-order valence-electron chi connectivity index (χ3n) is 5.98. The topological polar surface area (TPSA) is 114 Å². The number of rotatable bonds is 6. The first-order chi connectivity index (χ1) is 15.6. The highest BCUT2D eigenvalue weighted by atomic mass is 32.1. The standard InChI is InChI=1S/C22H35N5O5S/c1-22(2,3)32-21(30)27-13-7-16(8-14-27)19-24-25-20(33-19)23-18(29)15-5-10-26(11-6-15)12-9-17(28)31-4/h15-16H,5-14H2,1-4H3,(H,23,25,29). The van der Waals surface area contributed by atoms with Gasteiger partial charge in [0.2, 0.25) is 11.0 Å². The summed E-state index contributed by atoms with van der Waals surface area (Å²) < 4.78 is 10.1. The number of carbonyl (C=O) groups is 3. The Morgan fingerprint density at radius 2 is 1.73 bits per heavy atom. The van der Waals surface area contributed by atoms with Crippen molar-refractivity contribution in [3.05, 3.63) is 5.01 Å². The Hall–Kier alpha value is -2.27. The fourth-order valence-corrected chi connectivity index (χ4v) is 4.98. The lowest BCUT2D eigenvalue weighted by Crippen LogP contribution is -2.41. The Bertz CT molecular complexity index is 823. The minimum Gasteiger partial charge on any atom is -0.469 e. The molecule has 2 aliphatic rings. The SMILES string of the molecule is COC(=O)CCN1CCC(C(=O)Nc2nnc(C3CCN(C(=O)OC(C)(C)C)CC3)s2)CC1. The molecule has 3 rings (SSSR count). The van der Waals surface area contributed by atoms with E-state index < -0.39 is 5.60 Å². The number of methoxy groups -OCH3 is 1. The maximum absolute atomic E-state index is 12.7. The first kappa shape index (κ1) is 25.4. The number of anilines is 1. The third kappa shape index (κ3) is 7.63. The minimum atomic E-state index is -0.500. The number of aromatic nitrogens is 2. The van der Waals surface area contributed by atoms with Gasteiger partial charge in [-0.1, -0.05) is 11.3 Å². The lowest BCUT2D eigenvalue weighted by molar-refractivity contribution is -0.141. The number of nitrogens with one attached hydrogen (secondary N) is 1. The fraction of sp³-hybridized carbons (Fsp3) is 0.773. The van der Waals surface area contributed by atoms with Gasteiger partial charge in [0.1, 0.15) is 10.6 Å². The van der Waals surface area contributed by atoms with Gasteiger partial charge in [-0.2, -0.15) is 0 Å². The van der Waals surface area contributed by atoms with E-state index >= 15 is 0 Å². The maximum Gasteiger partial charge on any atom is 0.410 e. The first-order valence-corrected chi connectivity index (χ1v) is 12.4. The van der Waals surface area contributed by atoms with Crippen LogP contribution in [-0.2, 0) is 19.1 Å². The number of ether oxygens (including phenoxy) is 2. The van der Waals surface area contributed by atoms with E-state index in [1.54, 1.807) is 4.90 Å². The molecule has 3 heterocycles. The Morgan fingerprint density at radius 1 is 1.06 bits per heavy atom. The third-order valence-corrected chi connectivity index (χ3v) is 6.99. The molecule has 2 amide bonds. The highest BCUT2D eigenvalue weighted by molar-refractivity contribution is 7.15. The molecule has 0 radical (unpaired) electrons. The van der Waals surface area contributed by atoms with Crippen LogP contribution in [0, 0.1) is 5.92 Å². The number of likely N-dealkylation sites (tertiary alicyclic amines) is 2. The van der Waals surface area contributed by atoms with Crippen molar-refractivity contribution >= 4 is 34.4 Å². The molecule has 184 valence electrons.